The van der Waals surface area contributed by atoms with Gasteiger partial charge in [-0.1, -0.05) is 36.4 Å². The number of carbonyl (C=O) groups is 1. The molecule has 2 unspecified atom stereocenters. The van der Waals surface area contributed by atoms with Gasteiger partial charge in [0.25, 0.3) is 0 Å². The van der Waals surface area contributed by atoms with E-state index in [0.29, 0.717) is 0 Å². The minimum absolute atomic E-state index is 0.114. The zero-order valence-corrected chi connectivity index (χ0v) is 12.9. The largest absolute Gasteiger partial charge is 0.455 e. The molecule has 0 amide bonds. The smallest absolute Gasteiger partial charge is 0.411 e. The number of alkyl halides is 3. The lowest BCUT2D eigenvalue weighted by Gasteiger charge is -2.33. The van der Waals surface area contributed by atoms with Gasteiger partial charge in [-0.05, 0) is 23.3 Å². The van der Waals surface area contributed by atoms with Crippen LogP contribution >= 0.6 is 0 Å². The molecular formula is C18H14F4O3. The van der Waals surface area contributed by atoms with Gasteiger partial charge in [0.15, 0.2) is 0 Å². The van der Waals surface area contributed by atoms with Crippen LogP contribution in [-0.4, -0.2) is 24.9 Å². The first-order chi connectivity index (χ1) is 11.8. The van der Waals surface area contributed by atoms with Crippen LogP contribution in [0.4, 0.5) is 17.6 Å². The van der Waals surface area contributed by atoms with Gasteiger partial charge in [-0.15, -0.1) is 0 Å². The summed E-state index contributed by atoms with van der Waals surface area (Å²) in [7, 11) is 0. The van der Waals surface area contributed by atoms with Gasteiger partial charge in [-0.25, -0.2) is 9.18 Å². The van der Waals surface area contributed by atoms with Crippen molar-refractivity contribution < 1.29 is 31.8 Å². The SMILES string of the molecule is O=C1OC(Cc2ccccc2)C(OCC(F)(F)F)c2ccc(F)cc21. The van der Waals surface area contributed by atoms with Crippen molar-refractivity contribution in [3.05, 3.63) is 71.0 Å². The molecule has 0 N–H and O–H groups in total. The fraction of sp³-hybridized carbons (Fsp3) is 0.278. The minimum Gasteiger partial charge on any atom is -0.455 e. The van der Waals surface area contributed by atoms with Crippen molar-refractivity contribution in [3.8, 4) is 0 Å². The molecule has 1 aliphatic rings. The number of benzene rings is 2. The predicted octanol–water partition coefficient (Wildman–Crippen LogP) is 4.23. The average molecular weight is 354 g/mol. The van der Waals surface area contributed by atoms with E-state index in [2.05, 4.69) is 0 Å². The third kappa shape index (κ3) is 4.17. The van der Waals surface area contributed by atoms with E-state index in [-0.39, 0.29) is 17.5 Å². The molecule has 2 atom stereocenters. The molecule has 0 radical (unpaired) electrons. The lowest BCUT2D eigenvalue weighted by atomic mass is 9.92. The van der Waals surface area contributed by atoms with Gasteiger partial charge in [-0.2, -0.15) is 13.2 Å². The van der Waals surface area contributed by atoms with Crippen LogP contribution in [0, 0.1) is 5.82 Å². The Hall–Kier alpha value is -2.41. The second-order valence-electron chi connectivity index (χ2n) is 5.71. The number of hydrogen-bond acceptors (Lipinski definition) is 3. The number of fused-ring (bicyclic) bond motifs is 1. The van der Waals surface area contributed by atoms with Crippen molar-refractivity contribution in [2.24, 2.45) is 0 Å². The number of halogens is 4. The summed E-state index contributed by atoms with van der Waals surface area (Å²) in [5.41, 5.74) is 0.866. The Kier molecular flexibility index (Phi) is 4.76. The topological polar surface area (TPSA) is 35.5 Å². The lowest BCUT2D eigenvalue weighted by molar-refractivity contribution is -0.197. The summed E-state index contributed by atoms with van der Waals surface area (Å²) in [5, 5.41) is 0. The van der Waals surface area contributed by atoms with E-state index in [9.17, 15) is 22.4 Å². The maximum absolute atomic E-state index is 13.4. The second kappa shape index (κ2) is 6.84. The Morgan fingerprint density at radius 3 is 2.48 bits per heavy atom. The zero-order chi connectivity index (χ0) is 18.0. The number of hydrogen-bond donors (Lipinski definition) is 0. The van der Waals surface area contributed by atoms with E-state index in [1.54, 1.807) is 30.3 Å². The van der Waals surface area contributed by atoms with Crippen molar-refractivity contribution in [2.45, 2.75) is 24.8 Å². The lowest BCUT2D eigenvalue weighted by Crippen LogP contribution is -2.37. The molecule has 0 saturated carbocycles. The Bertz CT molecular complexity index is 759. The van der Waals surface area contributed by atoms with Crippen LogP contribution in [0.2, 0.25) is 0 Å². The van der Waals surface area contributed by atoms with Crippen molar-refractivity contribution in [1.82, 2.24) is 0 Å². The fourth-order valence-corrected chi connectivity index (χ4v) is 2.79. The van der Waals surface area contributed by atoms with Gasteiger partial charge in [0.05, 0.1) is 5.56 Å². The van der Waals surface area contributed by atoms with Crippen LogP contribution in [0.15, 0.2) is 48.5 Å². The van der Waals surface area contributed by atoms with Gasteiger partial charge < -0.3 is 9.47 Å². The molecule has 0 bridgehead atoms. The molecule has 0 spiro atoms. The van der Waals surface area contributed by atoms with E-state index in [1.165, 1.54) is 6.07 Å². The molecule has 1 heterocycles. The molecule has 3 nitrogen and oxygen atoms in total. The minimum atomic E-state index is -4.53. The number of esters is 1. The summed E-state index contributed by atoms with van der Waals surface area (Å²) in [4.78, 5) is 12.1. The summed E-state index contributed by atoms with van der Waals surface area (Å²) in [5.74, 6) is -1.45. The van der Waals surface area contributed by atoms with E-state index in [0.717, 1.165) is 17.7 Å². The van der Waals surface area contributed by atoms with Gasteiger partial charge in [0.2, 0.25) is 0 Å². The van der Waals surface area contributed by atoms with Gasteiger partial charge in [-0.3, -0.25) is 0 Å². The highest BCUT2D eigenvalue weighted by Gasteiger charge is 2.39. The molecule has 0 fully saturated rings. The molecule has 2 aromatic rings. The number of ether oxygens (including phenoxy) is 2. The second-order valence-corrected chi connectivity index (χ2v) is 5.71. The zero-order valence-electron chi connectivity index (χ0n) is 12.9. The summed E-state index contributed by atoms with van der Waals surface area (Å²) in [6.07, 6.45) is -6.41. The van der Waals surface area contributed by atoms with Crippen LogP contribution in [0.5, 0.6) is 0 Å². The van der Waals surface area contributed by atoms with E-state index < -0.39 is 36.8 Å². The maximum atomic E-state index is 13.4. The Morgan fingerprint density at radius 1 is 1.08 bits per heavy atom. The molecule has 1 aliphatic heterocycles. The van der Waals surface area contributed by atoms with Gasteiger partial charge >= 0.3 is 12.1 Å². The quantitative estimate of drug-likeness (QED) is 0.609. The molecule has 0 aliphatic carbocycles. The molecule has 132 valence electrons. The van der Waals surface area contributed by atoms with Crippen molar-refractivity contribution >= 4 is 5.97 Å². The van der Waals surface area contributed by atoms with Crippen LogP contribution in [0.25, 0.3) is 0 Å². The van der Waals surface area contributed by atoms with Crippen molar-refractivity contribution in [1.29, 1.82) is 0 Å². The average Bonchev–Trinajstić information content (AvgIpc) is 2.55. The van der Waals surface area contributed by atoms with E-state index in [1.807, 2.05) is 0 Å². The monoisotopic (exact) mass is 354 g/mol. The van der Waals surface area contributed by atoms with Crippen LogP contribution in [0.1, 0.15) is 27.6 Å². The van der Waals surface area contributed by atoms with E-state index >= 15 is 0 Å². The number of carbonyl (C=O) groups excluding carboxylic acids is 1. The first kappa shape index (κ1) is 17.4. The highest BCUT2D eigenvalue weighted by Crippen LogP contribution is 2.35. The summed E-state index contributed by atoms with van der Waals surface area (Å²) in [6.45, 7) is -1.49. The maximum Gasteiger partial charge on any atom is 0.411 e. The number of rotatable bonds is 4. The molecule has 0 aromatic heterocycles. The molecule has 2 aromatic carbocycles. The van der Waals surface area contributed by atoms with Gasteiger partial charge in [0, 0.05) is 6.42 Å². The molecule has 0 saturated heterocycles. The Labute approximate surface area is 141 Å². The van der Waals surface area contributed by atoms with Crippen molar-refractivity contribution in [3.63, 3.8) is 0 Å². The number of cyclic esters (lactones) is 1. The highest BCUT2D eigenvalue weighted by molar-refractivity contribution is 5.92. The third-order valence-electron chi connectivity index (χ3n) is 3.84. The third-order valence-corrected chi connectivity index (χ3v) is 3.84. The summed E-state index contributed by atoms with van der Waals surface area (Å²) in [6, 6.07) is 12.2. The fourth-order valence-electron chi connectivity index (χ4n) is 2.79. The summed E-state index contributed by atoms with van der Waals surface area (Å²) >= 11 is 0. The molecule has 7 heteroatoms. The van der Waals surface area contributed by atoms with Crippen LogP contribution < -0.4 is 0 Å². The summed E-state index contributed by atoms with van der Waals surface area (Å²) < 4.78 is 61.4. The molecule has 25 heavy (non-hydrogen) atoms. The molecule has 3 rings (SSSR count). The van der Waals surface area contributed by atoms with Gasteiger partial charge in [0.1, 0.15) is 24.6 Å². The van der Waals surface area contributed by atoms with E-state index in [4.69, 9.17) is 9.47 Å². The van der Waals surface area contributed by atoms with Crippen LogP contribution in [-0.2, 0) is 15.9 Å². The van der Waals surface area contributed by atoms with Crippen LogP contribution in [0.3, 0.4) is 0 Å². The standard InChI is InChI=1S/C18H14F4O3/c19-12-6-7-13-14(9-12)17(23)25-15(8-11-4-2-1-3-5-11)16(13)24-10-18(20,21)22/h1-7,9,15-16H,8,10H2. The normalized spacial score (nSPS) is 20.1. The first-order valence-corrected chi connectivity index (χ1v) is 7.56. The first-order valence-electron chi connectivity index (χ1n) is 7.56. The van der Waals surface area contributed by atoms with Crippen molar-refractivity contribution in [2.75, 3.05) is 6.61 Å². The molecular weight excluding hydrogens is 340 g/mol. The Balaban J connectivity index is 1.92. The highest BCUT2D eigenvalue weighted by atomic mass is 19.4. The Morgan fingerprint density at radius 2 is 1.80 bits per heavy atom. The predicted molar refractivity (Wildman–Crippen MR) is 80.5 cm³/mol.